The average Bonchev–Trinajstić information content (AvgIpc) is 2.94. The molecule has 0 atom stereocenters. The van der Waals surface area contributed by atoms with Gasteiger partial charge in [-0.05, 0) is 52.0 Å². The zero-order valence-corrected chi connectivity index (χ0v) is 33.6. The highest BCUT2D eigenvalue weighted by atomic mass is 32.2. The van der Waals surface area contributed by atoms with Crippen LogP contribution in [0.15, 0.2) is 0 Å². The molecule has 0 amide bonds. The molecule has 4 nitrogen and oxygen atoms in total. The molecule has 0 aliphatic heterocycles. The largest absolute Gasteiger partial charge is 0.480 e. The first kappa shape index (κ1) is 46.6. The molecule has 0 saturated carbocycles. The minimum absolute atomic E-state index is 0.753. The van der Waals surface area contributed by atoms with E-state index in [1.807, 2.05) is 0 Å². The standard InChI is InChI=1S/2C17H32O2S3/c2*1-4-5-6-7-8-9-10-11-12-13-14-21-16(20)22-17(2,3)15(18)19/h2*4-14H2,1-3H3,(H,18,19). The molecule has 0 aromatic rings. The van der Waals surface area contributed by atoms with Gasteiger partial charge in [0.2, 0.25) is 0 Å². The molecule has 44 heavy (non-hydrogen) atoms. The van der Waals surface area contributed by atoms with E-state index in [1.165, 1.54) is 152 Å². The van der Waals surface area contributed by atoms with E-state index in [-0.39, 0.29) is 0 Å². The first-order valence-corrected chi connectivity index (χ1v) is 21.4. The third kappa shape index (κ3) is 31.1. The Bertz CT molecular complexity index is 696. The van der Waals surface area contributed by atoms with Gasteiger partial charge in [0.25, 0.3) is 0 Å². The molecule has 0 aliphatic rings. The Balaban J connectivity index is 0. The molecule has 10 heteroatoms. The van der Waals surface area contributed by atoms with Gasteiger partial charge in [-0.1, -0.05) is 177 Å². The van der Waals surface area contributed by atoms with Crippen LogP contribution >= 0.6 is 71.5 Å². The number of thioether (sulfide) groups is 4. The Labute approximate surface area is 299 Å². The Morgan fingerprint density at radius 3 is 0.932 bits per heavy atom. The Morgan fingerprint density at radius 2 is 0.705 bits per heavy atom. The summed E-state index contributed by atoms with van der Waals surface area (Å²) in [6.07, 6.45) is 26.7. The van der Waals surface area contributed by atoms with Crippen LogP contribution < -0.4 is 0 Å². The second-order valence-electron chi connectivity index (χ2n) is 12.4. The summed E-state index contributed by atoms with van der Waals surface area (Å²) in [5, 5.41) is 18.1. The summed E-state index contributed by atoms with van der Waals surface area (Å²) in [5.41, 5.74) is 0. The van der Waals surface area contributed by atoms with Crippen LogP contribution in [0.1, 0.15) is 170 Å². The summed E-state index contributed by atoms with van der Waals surface area (Å²) in [5.74, 6) is 0.412. The molecule has 0 heterocycles. The van der Waals surface area contributed by atoms with Crippen molar-refractivity contribution in [1.29, 1.82) is 0 Å². The highest BCUT2D eigenvalue weighted by molar-refractivity contribution is 8.48. The van der Waals surface area contributed by atoms with Crippen molar-refractivity contribution in [3.8, 4) is 0 Å². The molecule has 0 saturated heterocycles. The van der Waals surface area contributed by atoms with E-state index < -0.39 is 21.4 Å². The summed E-state index contributed by atoms with van der Waals surface area (Å²) in [7, 11) is 0. The number of unbranched alkanes of at least 4 members (excludes halogenated alkanes) is 18. The average molecular weight is 729 g/mol. The first-order chi connectivity index (χ1) is 20.8. The molecule has 0 radical (unpaired) electrons. The lowest BCUT2D eigenvalue weighted by Gasteiger charge is -2.18. The van der Waals surface area contributed by atoms with Crippen molar-refractivity contribution in [1.82, 2.24) is 0 Å². The lowest BCUT2D eigenvalue weighted by atomic mass is 10.1. The highest BCUT2D eigenvalue weighted by Gasteiger charge is 2.30. The van der Waals surface area contributed by atoms with E-state index in [9.17, 15) is 9.59 Å². The summed E-state index contributed by atoms with van der Waals surface area (Å²) in [4.78, 5) is 22.1. The van der Waals surface area contributed by atoms with E-state index >= 15 is 0 Å². The number of carboxylic acids is 2. The van der Waals surface area contributed by atoms with Crippen LogP contribution in [0, 0.1) is 0 Å². The molecular weight excluding hydrogens is 665 g/mol. The minimum atomic E-state index is -0.818. The Hall–Kier alpha value is 0.520. The topological polar surface area (TPSA) is 74.6 Å². The van der Waals surface area contributed by atoms with Crippen LogP contribution in [-0.4, -0.2) is 50.2 Å². The molecule has 0 aromatic heterocycles. The Morgan fingerprint density at radius 1 is 0.477 bits per heavy atom. The SMILES string of the molecule is CCCCCCCCCCCCSC(=S)SC(C)(C)C(=O)O.CCCCCCCCCCCCSC(=S)SC(C)(C)C(=O)O. The normalized spacial score (nSPS) is 11.6. The van der Waals surface area contributed by atoms with Gasteiger partial charge in [-0.25, -0.2) is 0 Å². The smallest absolute Gasteiger partial charge is 0.319 e. The molecular formula is C34H64O4S6. The fourth-order valence-corrected chi connectivity index (χ4v) is 10.1. The second kappa shape index (κ2) is 30.8. The molecule has 0 aromatic carbocycles. The number of hydrogen-bond acceptors (Lipinski definition) is 8. The van der Waals surface area contributed by atoms with Gasteiger partial charge in [0.1, 0.15) is 16.6 Å². The van der Waals surface area contributed by atoms with Crippen molar-refractivity contribution in [2.24, 2.45) is 0 Å². The number of carbonyl (C=O) groups is 2. The molecule has 0 unspecified atom stereocenters. The van der Waals surface area contributed by atoms with Crippen LogP contribution in [0.25, 0.3) is 0 Å². The van der Waals surface area contributed by atoms with Gasteiger partial charge in [-0.2, -0.15) is 0 Å². The van der Waals surface area contributed by atoms with E-state index in [0.717, 1.165) is 18.6 Å². The predicted octanol–water partition coefficient (Wildman–Crippen LogP) is 13.0. The minimum Gasteiger partial charge on any atom is -0.480 e. The molecule has 2 N–H and O–H groups in total. The molecule has 0 rings (SSSR count). The van der Waals surface area contributed by atoms with Gasteiger partial charge in [0, 0.05) is 0 Å². The van der Waals surface area contributed by atoms with Crippen LogP contribution in [0.2, 0.25) is 0 Å². The van der Waals surface area contributed by atoms with Crippen molar-refractivity contribution in [3.63, 3.8) is 0 Å². The first-order valence-electron chi connectivity index (χ1n) is 17.0. The van der Waals surface area contributed by atoms with Gasteiger partial charge in [0.05, 0.1) is 0 Å². The molecule has 0 aliphatic carbocycles. The van der Waals surface area contributed by atoms with E-state index in [1.54, 1.807) is 51.2 Å². The van der Waals surface area contributed by atoms with Crippen molar-refractivity contribution in [2.75, 3.05) is 11.5 Å². The fraction of sp³-hybridized carbons (Fsp3) is 0.882. The maximum atomic E-state index is 11.0. The molecule has 0 spiro atoms. The lowest BCUT2D eigenvalue weighted by molar-refractivity contribution is -0.139. The van der Waals surface area contributed by atoms with Gasteiger partial charge >= 0.3 is 11.9 Å². The molecule has 0 fully saturated rings. The third-order valence-electron chi connectivity index (χ3n) is 7.14. The predicted molar refractivity (Wildman–Crippen MR) is 212 cm³/mol. The molecule has 0 bridgehead atoms. The van der Waals surface area contributed by atoms with Crippen molar-refractivity contribution in [3.05, 3.63) is 0 Å². The number of rotatable bonds is 26. The van der Waals surface area contributed by atoms with Crippen LogP contribution in [0.4, 0.5) is 0 Å². The molecule has 260 valence electrons. The van der Waals surface area contributed by atoms with Crippen molar-refractivity contribution < 1.29 is 19.8 Å². The second-order valence-corrected chi connectivity index (χ2v) is 20.2. The van der Waals surface area contributed by atoms with E-state index in [2.05, 4.69) is 13.8 Å². The van der Waals surface area contributed by atoms with Crippen LogP contribution in [-0.2, 0) is 9.59 Å². The maximum absolute atomic E-state index is 11.0. The lowest BCUT2D eigenvalue weighted by Crippen LogP contribution is -2.28. The summed E-state index contributed by atoms with van der Waals surface area (Å²) in [6.45, 7) is 11.3. The summed E-state index contributed by atoms with van der Waals surface area (Å²) < 4.78 is -0.129. The van der Waals surface area contributed by atoms with Crippen LogP contribution in [0.3, 0.4) is 0 Å². The van der Waals surface area contributed by atoms with E-state index in [4.69, 9.17) is 34.6 Å². The monoisotopic (exact) mass is 728 g/mol. The van der Waals surface area contributed by atoms with Gasteiger partial charge in [-0.15, -0.1) is 23.5 Å². The zero-order valence-electron chi connectivity index (χ0n) is 28.7. The zero-order chi connectivity index (χ0) is 33.7. The highest BCUT2D eigenvalue weighted by Crippen LogP contribution is 2.32. The summed E-state index contributed by atoms with van der Waals surface area (Å²) in [6, 6.07) is 0. The van der Waals surface area contributed by atoms with Crippen molar-refractivity contribution >= 4 is 90.5 Å². The third-order valence-corrected chi connectivity index (χ3v) is 12.7. The maximum Gasteiger partial charge on any atom is 0.319 e. The van der Waals surface area contributed by atoms with Gasteiger partial charge < -0.3 is 10.2 Å². The Kier molecular flexibility index (Phi) is 32.7. The van der Waals surface area contributed by atoms with Gasteiger partial charge in [-0.3, -0.25) is 9.59 Å². The number of thiocarbonyl (C=S) groups is 2. The number of hydrogen-bond donors (Lipinski definition) is 2. The van der Waals surface area contributed by atoms with Crippen molar-refractivity contribution in [2.45, 2.75) is 179 Å². The quantitative estimate of drug-likeness (QED) is 0.0664. The number of aliphatic carboxylic acids is 2. The fourth-order valence-electron chi connectivity index (χ4n) is 4.05. The van der Waals surface area contributed by atoms with Crippen LogP contribution in [0.5, 0.6) is 0 Å². The summed E-state index contributed by atoms with van der Waals surface area (Å²) >= 11 is 16.3. The van der Waals surface area contributed by atoms with E-state index in [0.29, 0.717) is 0 Å². The number of carboxylic acid groups (broad SMARTS) is 2. The van der Waals surface area contributed by atoms with Gasteiger partial charge in [0.15, 0.2) is 0 Å².